The standard InChI is InChI=1S/C20H13Cl3FN3/c21-13-8-14(19(23)15(22)9-13)11-5-6-12(16(24)7-11)10-25-20-26-17-3-1-2-4-18(17)27-20/h1-9H,10H2,(H2,25,26,27). The van der Waals surface area contributed by atoms with Crippen molar-refractivity contribution in [1.29, 1.82) is 0 Å². The summed E-state index contributed by atoms with van der Waals surface area (Å²) < 4.78 is 14.6. The number of nitrogens with zero attached hydrogens (tertiary/aromatic N) is 1. The first-order valence-electron chi connectivity index (χ1n) is 8.13. The average Bonchev–Trinajstić information content (AvgIpc) is 3.06. The first-order chi connectivity index (χ1) is 13.0. The smallest absolute Gasteiger partial charge is 0.201 e. The number of para-hydroxylation sites is 2. The minimum atomic E-state index is -0.358. The van der Waals surface area contributed by atoms with E-state index >= 15 is 0 Å². The summed E-state index contributed by atoms with van der Waals surface area (Å²) in [7, 11) is 0. The van der Waals surface area contributed by atoms with Crippen molar-refractivity contribution in [2.24, 2.45) is 0 Å². The normalized spacial score (nSPS) is 11.1. The number of nitrogens with one attached hydrogen (secondary N) is 2. The van der Waals surface area contributed by atoms with E-state index < -0.39 is 0 Å². The molecule has 0 saturated heterocycles. The maximum atomic E-state index is 14.6. The lowest BCUT2D eigenvalue weighted by Crippen LogP contribution is -2.03. The molecule has 1 heterocycles. The molecular formula is C20H13Cl3FN3. The van der Waals surface area contributed by atoms with E-state index in [1.807, 2.05) is 24.3 Å². The Hall–Kier alpha value is -2.27. The number of hydrogen-bond donors (Lipinski definition) is 2. The Morgan fingerprint density at radius 3 is 2.59 bits per heavy atom. The molecule has 3 aromatic carbocycles. The Morgan fingerprint density at radius 1 is 1.00 bits per heavy atom. The third kappa shape index (κ3) is 3.74. The number of imidazole rings is 1. The van der Waals surface area contributed by atoms with Crippen molar-refractivity contribution in [2.45, 2.75) is 6.54 Å². The molecular weight excluding hydrogens is 408 g/mol. The fourth-order valence-electron chi connectivity index (χ4n) is 2.84. The molecule has 4 rings (SSSR count). The number of H-pyrrole nitrogens is 1. The van der Waals surface area contributed by atoms with Crippen LogP contribution < -0.4 is 5.32 Å². The highest BCUT2D eigenvalue weighted by atomic mass is 35.5. The van der Waals surface area contributed by atoms with Gasteiger partial charge in [0, 0.05) is 22.7 Å². The first kappa shape index (κ1) is 18.1. The van der Waals surface area contributed by atoms with E-state index in [1.54, 1.807) is 24.3 Å². The Morgan fingerprint density at radius 2 is 1.81 bits per heavy atom. The summed E-state index contributed by atoms with van der Waals surface area (Å²) in [6.07, 6.45) is 0. The van der Waals surface area contributed by atoms with Crippen LogP contribution in [0.5, 0.6) is 0 Å². The minimum Gasteiger partial charge on any atom is -0.352 e. The van der Waals surface area contributed by atoms with Gasteiger partial charge in [0.25, 0.3) is 0 Å². The molecule has 7 heteroatoms. The van der Waals surface area contributed by atoms with Gasteiger partial charge in [-0.2, -0.15) is 0 Å². The zero-order valence-electron chi connectivity index (χ0n) is 13.9. The fraction of sp³-hybridized carbons (Fsp3) is 0.0500. The van der Waals surface area contributed by atoms with Crippen molar-refractivity contribution in [1.82, 2.24) is 9.97 Å². The fourth-order valence-corrected chi connectivity index (χ4v) is 3.55. The zero-order valence-corrected chi connectivity index (χ0v) is 16.1. The number of aromatic nitrogens is 2. The maximum Gasteiger partial charge on any atom is 0.201 e. The van der Waals surface area contributed by atoms with Crippen molar-refractivity contribution in [3.8, 4) is 11.1 Å². The lowest BCUT2D eigenvalue weighted by molar-refractivity contribution is 0.613. The molecule has 0 spiro atoms. The number of fused-ring (bicyclic) bond motifs is 1. The predicted molar refractivity (Wildman–Crippen MR) is 110 cm³/mol. The molecule has 4 aromatic rings. The highest BCUT2D eigenvalue weighted by Crippen LogP contribution is 2.37. The highest BCUT2D eigenvalue weighted by molar-refractivity contribution is 6.45. The van der Waals surface area contributed by atoms with Gasteiger partial charge < -0.3 is 10.3 Å². The molecule has 0 atom stereocenters. The van der Waals surface area contributed by atoms with Crippen LogP contribution in [0.2, 0.25) is 15.1 Å². The van der Waals surface area contributed by atoms with E-state index in [2.05, 4.69) is 15.3 Å². The Bertz CT molecular complexity index is 1110. The summed E-state index contributed by atoms with van der Waals surface area (Å²) in [6.45, 7) is 0.288. The molecule has 2 N–H and O–H groups in total. The number of aromatic amines is 1. The topological polar surface area (TPSA) is 40.7 Å². The van der Waals surface area contributed by atoms with Crippen LogP contribution >= 0.6 is 34.8 Å². The second-order valence-corrected chi connectivity index (χ2v) is 7.23. The van der Waals surface area contributed by atoms with Gasteiger partial charge in [0.2, 0.25) is 5.95 Å². The van der Waals surface area contributed by atoms with E-state index in [-0.39, 0.29) is 12.4 Å². The summed E-state index contributed by atoms with van der Waals surface area (Å²) in [6, 6.07) is 15.8. The van der Waals surface area contributed by atoms with Crippen LogP contribution in [0.25, 0.3) is 22.2 Å². The summed E-state index contributed by atoms with van der Waals surface area (Å²) >= 11 is 18.3. The van der Waals surface area contributed by atoms with E-state index in [0.29, 0.717) is 37.7 Å². The number of rotatable bonds is 4. The van der Waals surface area contributed by atoms with Crippen LogP contribution in [0.1, 0.15) is 5.56 Å². The van der Waals surface area contributed by atoms with Crippen LogP contribution in [-0.4, -0.2) is 9.97 Å². The van der Waals surface area contributed by atoms with Crippen molar-refractivity contribution in [2.75, 3.05) is 5.32 Å². The van der Waals surface area contributed by atoms with Crippen LogP contribution in [0, 0.1) is 5.82 Å². The van der Waals surface area contributed by atoms with Gasteiger partial charge in [-0.25, -0.2) is 9.37 Å². The number of benzene rings is 3. The molecule has 0 aliphatic heterocycles. The molecule has 0 aliphatic rings. The van der Waals surface area contributed by atoms with Crippen LogP contribution in [0.4, 0.5) is 10.3 Å². The molecule has 0 aliphatic carbocycles. The van der Waals surface area contributed by atoms with Crippen molar-refractivity contribution in [3.05, 3.63) is 81.0 Å². The molecule has 0 radical (unpaired) electrons. The monoisotopic (exact) mass is 419 g/mol. The molecule has 0 saturated carbocycles. The van der Waals surface area contributed by atoms with Gasteiger partial charge in [0.15, 0.2) is 0 Å². The second-order valence-electron chi connectivity index (χ2n) is 6.01. The largest absolute Gasteiger partial charge is 0.352 e. The molecule has 0 amide bonds. The molecule has 0 unspecified atom stereocenters. The quantitative estimate of drug-likeness (QED) is 0.351. The van der Waals surface area contributed by atoms with Gasteiger partial charge in [-0.1, -0.05) is 59.1 Å². The van der Waals surface area contributed by atoms with Gasteiger partial charge in [-0.15, -0.1) is 0 Å². The molecule has 136 valence electrons. The van der Waals surface area contributed by atoms with E-state index in [0.717, 1.165) is 11.0 Å². The summed E-state index contributed by atoms with van der Waals surface area (Å²) in [4.78, 5) is 7.57. The Labute approximate surface area is 170 Å². The van der Waals surface area contributed by atoms with E-state index in [4.69, 9.17) is 34.8 Å². The van der Waals surface area contributed by atoms with Crippen molar-refractivity contribution in [3.63, 3.8) is 0 Å². The minimum absolute atomic E-state index is 0.288. The van der Waals surface area contributed by atoms with Crippen LogP contribution in [0.15, 0.2) is 54.6 Å². The Kier molecular flexibility index (Phi) is 4.96. The summed E-state index contributed by atoms with van der Waals surface area (Å²) in [5.74, 6) is 0.229. The zero-order chi connectivity index (χ0) is 19.0. The first-order valence-corrected chi connectivity index (χ1v) is 9.26. The van der Waals surface area contributed by atoms with Crippen LogP contribution in [-0.2, 0) is 6.54 Å². The lowest BCUT2D eigenvalue weighted by atomic mass is 10.0. The second kappa shape index (κ2) is 7.39. The summed E-state index contributed by atoms with van der Waals surface area (Å²) in [5, 5.41) is 4.22. The van der Waals surface area contributed by atoms with Gasteiger partial charge >= 0.3 is 0 Å². The highest BCUT2D eigenvalue weighted by Gasteiger charge is 2.12. The molecule has 1 aromatic heterocycles. The van der Waals surface area contributed by atoms with Gasteiger partial charge in [0.05, 0.1) is 21.1 Å². The molecule has 0 bridgehead atoms. The molecule has 3 nitrogen and oxygen atoms in total. The van der Waals surface area contributed by atoms with Gasteiger partial charge in [0.1, 0.15) is 5.82 Å². The van der Waals surface area contributed by atoms with E-state index in [1.165, 1.54) is 6.07 Å². The Balaban J connectivity index is 1.57. The maximum absolute atomic E-state index is 14.6. The number of halogens is 4. The molecule has 0 fully saturated rings. The van der Waals surface area contributed by atoms with Gasteiger partial charge in [-0.05, 0) is 35.9 Å². The predicted octanol–water partition coefficient (Wildman–Crippen LogP) is 6.94. The average molecular weight is 421 g/mol. The third-order valence-electron chi connectivity index (χ3n) is 4.19. The van der Waals surface area contributed by atoms with Gasteiger partial charge in [-0.3, -0.25) is 0 Å². The van der Waals surface area contributed by atoms with E-state index in [9.17, 15) is 4.39 Å². The molecule has 27 heavy (non-hydrogen) atoms. The lowest BCUT2D eigenvalue weighted by Gasteiger charge is -2.10. The summed E-state index contributed by atoms with van der Waals surface area (Å²) in [5.41, 5.74) is 3.47. The number of hydrogen-bond acceptors (Lipinski definition) is 2. The van der Waals surface area contributed by atoms with Crippen molar-refractivity contribution < 1.29 is 4.39 Å². The van der Waals surface area contributed by atoms with Crippen molar-refractivity contribution >= 4 is 51.8 Å². The van der Waals surface area contributed by atoms with Crippen LogP contribution in [0.3, 0.4) is 0 Å². The third-order valence-corrected chi connectivity index (χ3v) is 5.21. The number of anilines is 1. The SMILES string of the molecule is Fc1cc(-c2cc(Cl)cc(Cl)c2Cl)ccc1CNc1nc2ccccc2[nH]1.